The van der Waals surface area contributed by atoms with E-state index >= 15 is 0 Å². The number of aromatic nitrogens is 1. The molecule has 0 bridgehead atoms. The highest BCUT2D eigenvalue weighted by atomic mass is 35.5. The van der Waals surface area contributed by atoms with Gasteiger partial charge in [0.2, 0.25) is 0 Å². The van der Waals surface area contributed by atoms with Crippen molar-refractivity contribution in [3.05, 3.63) is 51.8 Å². The Hall–Kier alpha value is -2.31. The number of hydrazone groups is 1. The number of phenolic OH excluding ortho intramolecular Hbond substituents is 1. The lowest BCUT2D eigenvalue weighted by Crippen LogP contribution is -2.18. The lowest BCUT2D eigenvalue weighted by molar-refractivity contribution is 0.0955. The van der Waals surface area contributed by atoms with Gasteiger partial charge in [0.25, 0.3) is 5.91 Å². The Morgan fingerprint density at radius 1 is 1.48 bits per heavy atom. The van der Waals surface area contributed by atoms with E-state index in [9.17, 15) is 9.90 Å². The molecule has 1 heterocycles. The third-order valence-corrected chi connectivity index (χ3v) is 3.32. The number of nitrogens with one attached hydrogen (secondary N) is 1. The first-order valence-corrected chi connectivity index (χ1v) is 7.37. The maximum Gasteiger partial charge on any atom is 0.274 e. The molecule has 2 N–H and O–H groups in total. The molecule has 0 saturated carbocycles. The van der Waals surface area contributed by atoms with Gasteiger partial charge < -0.3 is 9.84 Å². The predicted molar refractivity (Wildman–Crippen MR) is 88.6 cm³/mol. The largest absolute Gasteiger partial charge is 0.503 e. The van der Waals surface area contributed by atoms with E-state index in [1.165, 1.54) is 24.5 Å². The van der Waals surface area contributed by atoms with Gasteiger partial charge in [0, 0.05) is 6.20 Å². The molecule has 2 aromatic rings. The number of hydrogen-bond acceptors (Lipinski definition) is 5. The first kappa shape index (κ1) is 17.1. The van der Waals surface area contributed by atoms with Gasteiger partial charge in [-0.25, -0.2) is 10.4 Å². The molecule has 0 atom stereocenters. The van der Waals surface area contributed by atoms with Gasteiger partial charge in [0.1, 0.15) is 5.15 Å². The summed E-state index contributed by atoms with van der Waals surface area (Å²) in [7, 11) is 0. The van der Waals surface area contributed by atoms with E-state index in [0.717, 1.165) is 0 Å². The number of ether oxygens (including phenoxy) is 1. The summed E-state index contributed by atoms with van der Waals surface area (Å²) in [5.41, 5.74) is 3.10. The normalized spacial score (nSPS) is 10.7. The number of hydrogen-bond donors (Lipinski definition) is 2. The van der Waals surface area contributed by atoms with E-state index in [0.29, 0.717) is 12.2 Å². The minimum absolute atomic E-state index is 0.0894. The van der Waals surface area contributed by atoms with Crippen LogP contribution in [-0.2, 0) is 0 Å². The fourth-order valence-corrected chi connectivity index (χ4v) is 2.14. The van der Waals surface area contributed by atoms with Crippen LogP contribution in [0.1, 0.15) is 22.8 Å². The second-order valence-electron chi connectivity index (χ2n) is 4.32. The van der Waals surface area contributed by atoms with Gasteiger partial charge in [-0.3, -0.25) is 4.79 Å². The van der Waals surface area contributed by atoms with E-state index in [1.54, 1.807) is 19.1 Å². The van der Waals surface area contributed by atoms with Crippen LogP contribution >= 0.6 is 23.2 Å². The van der Waals surface area contributed by atoms with E-state index < -0.39 is 5.91 Å². The minimum atomic E-state index is -0.491. The Kier molecular flexibility index (Phi) is 5.78. The van der Waals surface area contributed by atoms with Gasteiger partial charge in [-0.1, -0.05) is 23.2 Å². The number of benzene rings is 1. The summed E-state index contributed by atoms with van der Waals surface area (Å²) < 4.78 is 5.26. The van der Waals surface area contributed by atoms with Gasteiger partial charge in [-0.2, -0.15) is 5.10 Å². The molecule has 0 spiro atoms. The monoisotopic (exact) mass is 353 g/mol. The van der Waals surface area contributed by atoms with E-state index in [2.05, 4.69) is 15.5 Å². The van der Waals surface area contributed by atoms with Crippen LogP contribution in [-0.4, -0.2) is 28.8 Å². The summed E-state index contributed by atoms with van der Waals surface area (Å²) in [4.78, 5) is 15.7. The summed E-state index contributed by atoms with van der Waals surface area (Å²) in [6.45, 7) is 2.16. The van der Waals surface area contributed by atoms with Gasteiger partial charge in [-0.15, -0.1) is 0 Å². The summed E-state index contributed by atoms with van der Waals surface area (Å²) >= 11 is 11.7. The van der Waals surface area contributed by atoms with Gasteiger partial charge in [0.05, 0.1) is 23.4 Å². The highest BCUT2D eigenvalue weighted by Gasteiger charge is 2.10. The van der Waals surface area contributed by atoms with Crippen LogP contribution in [0.4, 0.5) is 0 Å². The molecule has 1 aromatic carbocycles. The van der Waals surface area contributed by atoms with Gasteiger partial charge in [0.15, 0.2) is 11.5 Å². The first-order chi connectivity index (χ1) is 11.0. The molecular weight excluding hydrogens is 341 g/mol. The topological polar surface area (TPSA) is 83.8 Å². The molecule has 0 radical (unpaired) electrons. The fourth-order valence-electron chi connectivity index (χ4n) is 1.71. The van der Waals surface area contributed by atoms with Crippen molar-refractivity contribution in [2.24, 2.45) is 5.10 Å². The zero-order valence-electron chi connectivity index (χ0n) is 12.1. The molecule has 0 aliphatic rings. The van der Waals surface area contributed by atoms with Crippen LogP contribution in [0.25, 0.3) is 0 Å². The second kappa shape index (κ2) is 7.80. The Bertz CT molecular complexity index is 751. The third kappa shape index (κ3) is 4.34. The molecule has 2 rings (SSSR count). The number of carbonyl (C=O) groups excluding carboxylic acids is 1. The van der Waals surface area contributed by atoms with Crippen molar-refractivity contribution >= 4 is 35.3 Å². The Morgan fingerprint density at radius 3 is 2.96 bits per heavy atom. The number of rotatable bonds is 5. The zero-order chi connectivity index (χ0) is 16.8. The first-order valence-electron chi connectivity index (χ1n) is 6.62. The number of carbonyl (C=O) groups is 1. The number of amides is 1. The number of aromatic hydroxyl groups is 1. The Morgan fingerprint density at radius 2 is 2.26 bits per heavy atom. The molecule has 0 aliphatic carbocycles. The van der Waals surface area contributed by atoms with Crippen LogP contribution in [0.5, 0.6) is 11.5 Å². The molecule has 1 aromatic heterocycles. The van der Waals surface area contributed by atoms with Crippen LogP contribution in [0.3, 0.4) is 0 Å². The highest BCUT2D eigenvalue weighted by molar-refractivity contribution is 6.33. The minimum Gasteiger partial charge on any atom is -0.503 e. The molecule has 8 heteroatoms. The van der Waals surface area contributed by atoms with Crippen molar-refractivity contribution in [3.63, 3.8) is 0 Å². The number of halogens is 2. The zero-order valence-corrected chi connectivity index (χ0v) is 13.6. The molecule has 6 nitrogen and oxygen atoms in total. The predicted octanol–water partition coefficient (Wildman–Crippen LogP) is 3.26. The Balaban J connectivity index is 2.12. The van der Waals surface area contributed by atoms with Crippen molar-refractivity contribution in [3.8, 4) is 11.5 Å². The summed E-state index contributed by atoms with van der Waals surface area (Å²) in [6, 6.07) is 6.17. The quantitative estimate of drug-likeness (QED) is 0.490. The third-order valence-electron chi connectivity index (χ3n) is 2.73. The van der Waals surface area contributed by atoms with Crippen molar-refractivity contribution in [2.75, 3.05) is 6.61 Å². The second-order valence-corrected chi connectivity index (χ2v) is 5.09. The lowest BCUT2D eigenvalue weighted by Gasteiger charge is -2.08. The molecule has 23 heavy (non-hydrogen) atoms. The van der Waals surface area contributed by atoms with E-state index in [-0.39, 0.29) is 27.2 Å². The molecule has 120 valence electrons. The number of nitrogens with zero attached hydrogens (tertiary/aromatic N) is 2. The summed E-state index contributed by atoms with van der Waals surface area (Å²) in [5.74, 6) is -0.394. The van der Waals surface area contributed by atoms with Crippen LogP contribution < -0.4 is 10.2 Å². The van der Waals surface area contributed by atoms with Crippen molar-refractivity contribution in [1.82, 2.24) is 10.4 Å². The van der Waals surface area contributed by atoms with E-state index in [4.69, 9.17) is 27.9 Å². The molecular formula is C15H13Cl2N3O3. The van der Waals surface area contributed by atoms with Crippen LogP contribution in [0, 0.1) is 0 Å². The van der Waals surface area contributed by atoms with Crippen LogP contribution in [0.15, 0.2) is 35.6 Å². The molecule has 0 unspecified atom stereocenters. The lowest BCUT2D eigenvalue weighted by atomic mass is 10.2. The molecule has 0 saturated heterocycles. The Labute approximate surface area is 142 Å². The maximum atomic E-state index is 11.9. The standard InChI is InChI=1S/C15H13Cl2N3O3/c1-2-23-12-7-9(6-11(16)13(12)21)8-19-20-15(22)10-4-3-5-18-14(10)17/h3-8,21H,2H2,1H3,(H,20,22)/b19-8+. The SMILES string of the molecule is CCOc1cc(/C=N/NC(=O)c2cccnc2Cl)cc(Cl)c1O. The smallest absolute Gasteiger partial charge is 0.274 e. The molecule has 1 amide bonds. The summed E-state index contributed by atoms with van der Waals surface area (Å²) in [6.07, 6.45) is 2.85. The van der Waals surface area contributed by atoms with Crippen LogP contribution in [0.2, 0.25) is 10.2 Å². The van der Waals surface area contributed by atoms with Gasteiger partial charge >= 0.3 is 0 Å². The van der Waals surface area contributed by atoms with E-state index in [1.807, 2.05) is 0 Å². The van der Waals surface area contributed by atoms with Gasteiger partial charge in [-0.05, 0) is 36.8 Å². The van der Waals surface area contributed by atoms with Crippen molar-refractivity contribution in [1.29, 1.82) is 0 Å². The maximum absolute atomic E-state index is 11.9. The fraction of sp³-hybridized carbons (Fsp3) is 0.133. The average molecular weight is 354 g/mol. The average Bonchev–Trinajstić information content (AvgIpc) is 2.52. The number of phenols is 1. The summed E-state index contributed by atoms with van der Waals surface area (Å²) in [5, 5.41) is 13.8. The van der Waals surface area contributed by atoms with Crippen molar-refractivity contribution in [2.45, 2.75) is 6.92 Å². The number of pyridine rings is 1. The molecule has 0 fully saturated rings. The van der Waals surface area contributed by atoms with Crippen molar-refractivity contribution < 1.29 is 14.6 Å². The molecule has 0 aliphatic heterocycles. The highest BCUT2D eigenvalue weighted by Crippen LogP contribution is 2.34.